The Morgan fingerprint density at radius 1 is 1.50 bits per heavy atom. The number of ether oxygens (including phenoxy) is 1. The zero-order valence-corrected chi connectivity index (χ0v) is 13.3. The third kappa shape index (κ3) is 3.38. The average Bonchev–Trinajstić information content (AvgIpc) is 2.77. The zero-order chi connectivity index (χ0) is 15.8. The van der Waals surface area contributed by atoms with Crippen LogP contribution in [0.15, 0.2) is 0 Å². The van der Waals surface area contributed by atoms with E-state index in [0.29, 0.717) is 0 Å². The van der Waals surface area contributed by atoms with E-state index in [4.69, 9.17) is 4.74 Å². The summed E-state index contributed by atoms with van der Waals surface area (Å²) in [4.78, 5) is 11.9. The van der Waals surface area contributed by atoms with Crippen LogP contribution in [-0.4, -0.2) is 35.1 Å². The number of halogens is 4. The molecule has 0 saturated heterocycles. The molecular weight excluding hydrogens is 323 g/mol. The van der Waals surface area contributed by atoms with Crippen molar-refractivity contribution in [2.45, 2.75) is 45.5 Å². The lowest BCUT2D eigenvalue weighted by Gasteiger charge is -2.28. The lowest BCUT2D eigenvalue weighted by molar-refractivity contribution is -0.152. The molecule has 0 spiro atoms. The Morgan fingerprint density at radius 2 is 2.14 bits per heavy atom. The van der Waals surface area contributed by atoms with Gasteiger partial charge in [0.1, 0.15) is 5.92 Å². The number of nitrogens with one attached hydrogen (secondary N) is 1. The Kier molecular flexibility index (Phi) is 5.86. The van der Waals surface area contributed by atoms with Gasteiger partial charge in [0.05, 0.1) is 12.3 Å². The molecule has 9 heteroatoms. The molecule has 0 fully saturated rings. The molecule has 126 valence electrons. The molecule has 0 aliphatic carbocycles. The molecule has 2 rings (SSSR count). The van der Waals surface area contributed by atoms with Crippen molar-refractivity contribution in [2.24, 2.45) is 0 Å². The van der Waals surface area contributed by atoms with Crippen molar-refractivity contribution in [3.8, 4) is 0 Å². The summed E-state index contributed by atoms with van der Waals surface area (Å²) in [5, 5.41) is 6.78. The van der Waals surface area contributed by atoms with E-state index in [0.717, 1.165) is 0 Å². The number of carbonyl (C=O) groups excluding carboxylic acids is 1. The normalized spacial score (nSPS) is 17.9. The Bertz CT molecular complexity index is 543. The van der Waals surface area contributed by atoms with E-state index in [-0.39, 0.29) is 55.1 Å². The van der Waals surface area contributed by atoms with Gasteiger partial charge in [-0.15, -0.1) is 12.4 Å². The van der Waals surface area contributed by atoms with Crippen LogP contribution < -0.4 is 5.32 Å². The minimum absolute atomic E-state index is 0. The van der Waals surface area contributed by atoms with Crippen LogP contribution >= 0.6 is 12.4 Å². The molecule has 1 aliphatic rings. The van der Waals surface area contributed by atoms with Gasteiger partial charge in [-0.2, -0.15) is 18.3 Å². The largest absolute Gasteiger partial charge is 0.461 e. The van der Waals surface area contributed by atoms with Gasteiger partial charge in [0.15, 0.2) is 5.69 Å². The Hall–Kier alpha value is -1.28. The maximum absolute atomic E-state index is 13.2. The van der Waals surface area contributed by atoms with Crippen molar-refractivity contribution in [3.63, 3.8) is 0 Å². The Labute approximate surface area is 132 Å². The number of rotatable bonds is 3. The van der Waals surface area contributed by atoms with Gasteiger partial charge in [-0.05, 0) is 20.8 Å². The molecule has 0 aromatic carbocycles. The molecule has 5 nitrogen and oxygen atoms in total. The van der Waals surface area contributed by atoms with Crippen LogP contribution in [0.3, 0.4) is 0 Å². The second kappa shape index (κ2) is 6.87. The van der Waals surface area contributed by atoms with Crippen molar-refractivity contribution >= 4 is 18.4 Å². The summed E-state index contributed by atoms with van der Waals surface area (Å²) in [6.07, 6.45) is -4.39. The standard InChI is InChI=1S/C13H18F3N3O2.ClH/c1-4-21-12(20)10-8-5-17-6-9(13(14,15)16)11(8)19(18-10)7(2)3;/h7,9,17H,4-6H2,1-3H3;1H/t9-;/m1./s1. The minimum Gasteiger partial charge on any atom is -0.461 e. The van der Waals surface area contributed by atoms with E-state index in [9.17, 15) is 18.0 Å². The van der Waals surface area contributed by atoms with Gasteiger partial charge in [0.2, 0.25) is 0 Å². The second-order valence-electron chi connectivity index (χ2n) is 5.20. The van der Waals surface area contributed by atoms with E-state index in [1.165, 1.54) is 4.68 Å². The minimum atomic E-state index is -4.39. The SMILES string of the molecule is CCOC(=O)c1nn(C(C)C)c2c1CNC[C@H]2C(F)(F)F.Cl. The smallest absolute Gasteiger partial charge is 0.398 e. The number of aromatic nitrogens is 2. The number of esters is 1. The van der Waals surface area contributed by atoms with Crippen molar-refractivity contribution in [2.75, 3.05) is 13.2 Å². The quantitative estimate of drug-likeness (QED) is 0.859. The van der Waals surface area contributed by atoms with Crippen LogP contribution in [0.4, 0.5) is 13.2 Å². The van der Waals surface area contributed by atoms with Crippen LogP contribution in [0, 0.1) is 0 Å². The molecule has 1 atom stereocenters. The van der Waals surface area contributed by atoms with E-state index in [2.05, 4.69) is 10.4 Å². The molecule has 1 aromatic heterocycles. The summed E-state index contributed by atoms with van der Waals surface area (Å²) >= 11 is 0. The van der Waals surface area contributed by atoms with Crippen LogP contribution in [0.25, 0.3) is 0 Å². The lowest BCUT2D eigenvalue weighted by Crippen LogP contribution is -2.38. The summed E-state index contributed by atoms with van der Waals surface area (Å²) < 4.78 is 45.9. The Morgan fingerprint density at radius 3 is 2.64 bits per heavy atom. The molecule has 0 saturated carbocycles. The van der Waals surface area contributed by atoms with Gasteiger partial charge < -0.3 is 10.1 Å². The fourth-order valence-electron chi connectivity index (χ4n) is 2.49. The number of carbonyl (C=O) groups is 1. The van der Waals surface area contributed by atoms with E-state index >= 15 is 0 Å². The molecule has 0 bridgehead atoms. The summed E-state index contributed by atoms with van der Waals surface area (Å²) in [6, 6.07) is -0.273. The lowest BCUT2D eigenvalue weighted by atomic mass is 9.95. The van der Waals surface area contributed by atoms with Crippen LogP contribution in [0.2, 0.25) is 0 Å². The van der Waals surface area contributed by atoms with Crippen LogP contribution in [-0.2, 0) is 11.3 Å². The third-order valence-corrected chi connectivity index (χ3v) is 3.38. The fraction of sp³-hybridized carbons (Fsp3) is 0.692. The fourth-order valence-corrected chi connectivity index (χ4v) is 2.49. The topological polar surface area (TPSA) is 56.1 Å². The maximum Gasteiger partial charge on any atom is 0.398 e. The molecule has 0 unspecified atom stereocenters. The number of hydrogen-bond donors (Lipinski definition) is 1. The highest BCUT2D eigenvalue weighted by molar-refractivity contribution is 5.89. The van der Waals surface area contributed by atoms with Gasteiger partial charge in [-0.3, -0.25) is 4.68 Å². The molecule has 1 aliphatic heterocycles. The van der Waals surface area contributed by atoms with Gasteiger partial charge in [-0.25, -0.2) is 4.79 Å². The third-order valence-electron chi connectivity index (χ3n) is 3.38. The monoisotopic (exact) mass is 341 g/mol. The van der Waals surface area contributed by atoms with E-state index in [1.54, 1.807) is 20.8 Å². The number of alkyl halides is 3. The summed E-state index contributed by atoms with van der Waals surface area (Å²) in [5.41, 5.74) is 0.331. The molecule has 22 heavy (non-hydrogen) atoms. The van der Waals surface area contributed by atoms with Crippen LogP contribution in [0.5, 0.6) is 0 Å². The van der Waals surface area contributed by atoms with Gasteiger partial charge in [0, 0.05) is 24.7 Å². The first-order valence-electron chi connectivity index (χ1n) is 6.83. The molecule has 0 radical (unpaired) electrons. The highest BCUT2D eigenvalue weighted by Crippen LogP contribution is 2.40. The maximum atomic E-state index is 13.2. The number of fused-ring (bicyclic) bond motifs is 1. The van der Waals surface area contributed by atoms with Crippen molar-refractivity contribution in [1.82, 2.24) is 15.1 Å². The first-order chi connectivity index (χ1) is 9.77. The molecular formula is C13H19ClF3N3O2. The zero-order valence-electron chi connectivity index (χ0n) is 12.5. The molecule has 1 N–H and O–H groups in total. The highest BCUT2D eigenvalue weighted by atomic mass is 35.5. The van der Waals surface area contributed by atoms with Crippen molar-refractivity contribution in [1.29, 1.82) is 0 Å². The molecule has 1 aromatic rings. The van der Waals surface area contributed by atoms with Crippen molar-refractivity contribution < 1.29 is 22.7 Å². The molecule has 2 heterocycles. The highest BCUT2D eigenvalue weighted by Gasteiger charge is 2.46. The molecule has 0 amide bonds. The Balaban J connectivity index is 0.00000242. The average molecular weight is 342 g/mol. The number of hydrogen-bond acceptors (Lipinski definition) is 4. The van der Waals surface area contributed by atoms with Gasteiger partial charge in [-0.1, -0.05) is 0 Å². The van der Waals surface area contributed by atoms with Gasteiger partial charge >= 0.3 is 12.1 Å². The van der Waals surface area contributed by atoms with E-state index in [1.807, 2.05) is 0 Å². The van der Waals surface area contributed by atoms with Crippen molar-refractivity contribution in [3.05, 3.63) is 17.0 Å². The summed E-state index contributed by atoms with van der Waals surface area (Å²) in [7, 11) is 0. The second-order valence-corrected chi connectivity index (χ2v) is 5.20. The number of nitrogens with zero attached hydrogens (tertiary/aromatic N) is 2. The summed E-state index contributed by atoms with van der Waals surface area (Å²) in [5.74, 6) is -2.35. The first-order valence-corrected chi connectivity index (χ1v) is 6.83. The first kappa shape index (κ1) is 18.8. The van der Waals surface area contributed by atoms with Crippen LogP contribution in [0.1, 0.15) is 54.5 Å². The van der Waals surface area contributed by atoms with Gasteiger partial charge in [0.25, 0.3) is 0 Å². The van der Waals surface area contributed by atoms with E-state index < -0.39 is 18.1 Å². The predicted octanol–water partition coefficient (Wildman–Crippen LogP) is 2.81. The predicted molar refractivity (Wildman–Crippen MR) is 76.3 cm³/mol. The summed E-state index contributed by atoms with van der Waals surface area (Å²) in [6.45, 7) is 5.23.